The molecule has 0 N–H and O–H groups in total. The monoisotopic (exact) mass is 192 g/mol. The van der Waals surface area contributed by atoms with E-state index in [1.54, 1.807) is 12.1 Å². The van der Waals surface area contributed by atoms with Gasteiger partial charge in [0.05, 0.1) is 6.10 Å². The van der Waals surface area contributed by atoms with Crippen molar-refractivity contribution in [2.75, 3.05) is 6.61 Å². The molecule has 0 amide bonds. The number of ether oxygens (including phenoxy) is 1. The molecule has 0 spiro atoms. The highest BCUT2D eigenvalue weighted by molar-refractivity contribution is 5.66. The van der Waals surface area contributed by atoms with Crippen molar-refractivity contribution in [1.29, 1.82) is 0 Å². The van der Waals surface area contributed by atoms with Crippen LogP contribution in [0.3, 0.4) is 0 Å². The van der Waals surface area contributed by atoms with Gasteiger partial charge in [0.1, 0.15) is 5.82 Å². The van der Waals surface area contributed by atoms with Gasteiger partial charge in [-0.05, 0) is 36.1 Å². The molecule has 0 aromatic heterocycles. The van der Waals surface area contributed by atoms with Gasteiger partial charge in [0.2, 0.25) is 0 Å². The van der Waals surface area contributed by atoms with Crippen molar-refractivity contribution in [2.45, 2.75) is 18.9 Å². The Morgan fingerprint density at radius 3 is 2.64 bits per heavy atom. The lowest BCUT2D eigenvalue weighted by atomic mass is 10.0. The van der Waals surface area contributed by atoms with Gasteiger partial charge >= 0.3 is 0 Å². The van der Waals surface area contributed by atoms with Crippen LogP contribution in [-0.4, -0.2) is 12.7 Å². The first kappa shape index (κ1) is 9.41. The third kappa shape index (κ3) is 1.85. The Hall–Kier alpha value is -1.15. The van der Waals surface area contributed by atoms with Crippen LogP contribution in [-0.2, 0) is 4.74 Å². The maximum Gasteiger partial charge on any atom is 0.123 e. The van der Waals surface area contributed by atoms with Crippen LogP contribution in [0.2, 0.25) is 0 Å². The molecule has 1 fully saturated rings. The first-order chi connectivity index (χ1) is 6.77. The predicted molar refractivity (Wildman–Crippen MR) is 54.4 cm³/mol. The van der Waals surface area contributed by atoms with E-state index in [9.17, 15) is 4.39 Å². The van der Waals surface area contributed by atoms with E-state index in [1.165, 1.54) is 12.1 Å². The smallest absolute Gasteiger partial charge is 0.123 e. The summed E-state index contributed by atoms with van der Waals surface area (Å²) in [6, 6.07) is 6.41. The fourth-order valence-electron chi connectivity index (χ4n) is 1.70. The summed E-state index contributed by atoms with van der Waals surface area (Å²) in [5, 5.41) is 0. The molecular formula is C12H13FO. The summed E-state index contributed by atoms with van der Waals surface area (Å²) in [5.74, 6) is -0.214. The Balaban J connectivity index is 2.14. The summed E-state index contributed by atoms with van der Waals surface area (Å²) < 4.78 is 18.2. The van der Waals surface area contributed by atoms with Crippen LogP contribution < -0.4 is 0 Å². The van der Waals surface area contributed by atoms with Crippen LogP contribution in [0.5, 0.6) is 0 Å². The van der Waals surface area contributed by atoms with E-state index in [2.05, 4.69) is 6.58 Å². The molecule has 1 nitrogen and oxygen atoms in total. The summed E-state index contributed by atoms with van der Waals surface area (Å²) in [6.45, 7) is 4.80. The van der Waals surface area contributed by atoms with Crippen molar-refractivity contribution in [1.82, 2.24) is 0 Å². The molecule has 1 aliphatic rings. The van der Waals surface area contributed by atoms with Gasteiger partial charge in [-0.3, -0.25) is 0 Å². The van der Waals surface area contributed by atoms with Crippen LogP contribution in [0.1, 0.15) is 18.4 Å². The molecule has 1 aromatic carbocycles. The lowest BCUT2D eigenvalue weighted by Gasteiger charge is -2.12. The van der Waals surface area contributed by atoms with Gasteiger partial charge in [0, 0.05) is 6.61 Å². The first-order valence-corrected chi connectivity index (χ1v) is 4.84. The molecule has 1 heterocycles. The van der Waals surface area contributed by atoms with Gasteiger partial charge in [0.15, 0.2) is 0 Å². The summed E-state index contributed by atoms with van der Waals surface area (Å²) in [7, 11) is 0. The average molecular weight is 192 g/mol. The quantitative estimate of drug-likeness (QED) is 0.699. The standard InChI is InChI=1S/C12H13FO/c1-9(12-3-2-8-14-12)10-4-6-11(13)7-5-10/h4-7,12H,1-3,8H2. The number of benzene rings is 1. The van der Waals surface area contributed by atoms with Gasteiger partial charge in [-0.15, -0.1) is 0 Å². The Labute approximate surface area is 83.2 Å². The minimum atomic E-state index is -0.214. The topological polar surface area (TPSA) is 9.23 Å². The van der Waals surface area contributed by atoms with Crippen molar-refractivity contribution in [3.05, 3.63) is 42.2 Å². The zero-order valence-corrected chi connectivity index (χ0v) is 8.00. The summed E-state index contributed by atoms with van der Waals surface area (Å²) in [5.41, 5.74) is 1.93. The SMILES string of the molecule is C=C(c1ccc(F)cc1)C1CCCO1. The minimum Gasteiger partial charge on any atom is -0.374 e. The van der Waals surface area contributed by atoms with Crippen molar-refractivity contribution >= 4 is 5.57 Å². The highest BCUT2D eigenvalue weighted by Gasteiger charge is 2.19. The zero-order chi connectivity index (χ0) is 9.97. The Morgan fingerprint density at radius 1 is 1.36 bits per heavy atom. The van der Waals surface area contributed by atoms with E-state index >= 15 is 0 Å². The number of halogens is 1. The van der Waals surface area contributed by atoms with E-state index in [4.69, 9.17) is 4.74 Å². The van der Waals surface area contributed by atoms with E-state index in [0.29, 0.717) is 0 Å². The number of hydrogen-bond acceptors (Lipinski definition) is 1. The van der Waals surface area contributed by atoms with Gasteiger partial charge < -0.3 is 4.74 Å². The third-order valence-electron chi connectivity index (χ3n) is 2.53. The Morgan fingerprint density at radius 2 is 2.07 bits per heavy atom. The van der Waals surface area contributed by atoms with Crippen LogP contribution >= 0.6 is 0 Å². The molecule has 1 aliphatic heterocycles. The maximum absolute atomic E-state index is 12.7. The van der Waals surface area contributed by atoms with Gasteiger partial charge in [-0.1, -0.05) is 18.7 Å². The molecule has 1 aromatic rings. The zero-order valence-electron chi connectivity index (χ0n) is 8.00. The molecule has 0 radical (unpaired) electrons. The highest BCUT2D eigenvalue weighted by Crippen LogP contribution is 2.26. The van der Waals surface area contributed by atoms with Crippen LogP contribution in [0.15, 0.2) is 30.8 Å². The van der Waals surface area contributed by atoms with E-state index in [1.807, 2.05) is 0 Å². The molecule has 0 bridgehead atoms. The molecule has 74 valence electrons. The fraction of sp³-hybridized carbons (Fsp3) is 0.333. The largest absolute Gasteiger partial charge is 0.374 e. The molecule has 1 unspecified atom stereocenters. The van der Waals surface area contributed by atoms with Crippen LogP contribution in [0.4, 0.5) is 4.39 Å². The number of hydrogen-bond donors (Lipinski definition) is 0. The van der Waals surface area contributed by atoms with E-state index in [-0.39, 0.29) is 11.9 Å². The fourth-order valence-corrected chi connectivity index (χ4v) is 1.70. The lowest BCUT2D eigenvalue weighted by molar-refractivity contribution is 0.152. The van der Waals surface area contributed by atoms with Crippen LogP contribution in [0, 0.1) is 5.82 Å². The van der Waals surface area contributed by atoms with Crippen molar-refractivity contribution in [3.8, 4) is 0 Å². The average Bonchev–Trinajstić information content (AvgIpc) is 2.71. The maximum atomic E-state index is 12.7. The molecule has 2 heteroatoms. The van der Waals surface area contributed by atoms with Gasteiger partial charge in [0.25, 0.3) is 0 Å². The molecule has 0 aliphatic carbocycles. The molecule has 1 atom stereocenters. The predicted octanol–water partition coefficient (Wildman–Crippen LogP) is 3.02. The first-order valence-electron chi connectivity index (χ1n) is 4.84. The Kier molecular flexibility index (Phi) is 2.64. The van der Waals surface area contributed by atoms with E-state index < -0.39 is 0 Å². The second kappa shape index (κ2) is 3.93. The lowest BCUT2D eigenvalue weighted by Crippen LogP contribution is -2.06. The highest BCUT2D eigenvalue weighted by atomic mass is 19.1. The number of rotatable bonds is 2. The Bertz CT molecular complexity index is 323. The van der Waals surface area contributed by atoms with Crippen molar-refractivity contribution in [3.63, 3.8) is 0 Å². The molecule has 0 saturated carbocycles. The van der Waals surface area contributed by atoms with Crippen LogP contribution in [0.25, 0.3) is 5.57 Å². The van der Waals surface area contributed by atoms with Gasteiger partial charge in [-0.25, -0.2) is 4.39 Å². The molecule has 2 rings (SSSR count). The molecule has 1 saturated heterocycles. The molecular weight excluding hydrogens is 179 g/mol. The van der Waals surface area contributed by atoms with Crippen molar-refractivity contribution in [2.24, 2.45) is 0 Å². The second-order valence-corrected chi connectivity index (χ2v) is 3.53. The summed E-state index contributed by atoms with van der Waals surface area (Å²) >= 11 is 0. The molecule has 14 heavy (non-hydrogen) atoms. The normalized spacial score (nSPS) is 21.1. The van der Waals surface area contributed by atoms with Gasteiger partial charge in [-0.2, -0.15) is 0 Å². The third-order valence-corrected chi connectivity index (χ3v) is 2.53. The van der Waals surface area contributed by atoms with E-state index in [0.717, 1.165) is 30.6 Å². The van der Waals surface area contributed by atoms with Crippen molar-refractivity contribution < 1.29 is 9.13 Å². The second-order valence-electron chi connectivity index (χ2n) is 3.53. The summed E-state index contributed by atoms with van der Waals surface area (Å²) in [4.78, 5) is 0. The minimum absolute atomic E-state index is 0.125. The summed E-state index contributed by atoms with van der Waals surface area (Å²) in [6.07, 6.45) is 2.24.